The van der Waals surface area contributed by atoms with E-state index in [2.05, 4.69) is 11.9 Å². The topological polar surface area (TPSA) is 29.5 Å². The van der Waals surface area contributed by atoms with Gasteiger partial charge in [0.15, 0.2) is 0 Å². The third-order valence-electron chi connectivity index (χ3n) is 3.98. The maximum Gasteiger partial charge on any atom is 0.312 e. The lowest BCUT2D eigenvalue weighted by molar-refractivity contribution is -0.169. The zero-order valence-corrected chi connectivity index (χ0v) is 10.9. The fourth-order valence-corrected chi connectivity index (χ4v) is 2.95. The van der Waals surface area contributed by atoms with Crippen LogP contribution in [0.2, 0.25) is 0 Å². The molecule has 0 aromatic heterocycles. The highest BCUT2D eigenvalue weighted by molar-refractivity contribution is 5.78. The Labute approximate surface area is 98.1 Å². The molecule has 2 atom stereocenters. The van der Waals surface area contributed by atoms with E-state index in [-0.39, 0.29) is 17.0 Å². The summed E-state index contributed by atoms with van der Waals surface area (Å²) in [5, 5.41) is 0. The Morgan fingerprint density at radius 3 is 2.69 bits per heavy atom. The third-order valence-corrected chi connectivity index (χ3v) is 3.98. The van der Waals surface area contributed by atoms with Crippen LogP contribution in [0.15, 0.2) is 0 Å². The van der Waals surface area contributed by atoms with Crippen molar-refractivity contribution in [2.75, 3.05) is 13.6 Å². The van der Waals surface area contributed by atoms with Crippen molar-refractivity contribution >= 4 is 5.97 Å². The van der Waals surface area contributed by atoms with Gasteiger partial charge in [0.1, 0.15) is 5.60 Å². The fraction of sp³-hybridized carbons (Fsp3) is 0.923. The average molecular weight is 225 g/mol. The molecule has 0 aromatic carbocycles. The predicted molar refractivity (Wildman–Crippen MR) is 63.2 cm³/mol. The van der Waals surface area contributed by atoms with Gasteiger partial charge < -0.3 is 9.64 Å². The zero-order valence-electron chi connectivity index (χ0n) is 10.9. The Morgan fingerprint density at radius 2 is 2.06 bits per heavy atom. The summed E-state index contributed by atoms with van der Waals surface area (Å²) in [5.41, 5.74) is -0.516. The third kappa shape index (κ3) is 2.10. The molecule has 2 bridgehead atoms. The van der Waals surface area contributed by atoms with Crippen LogP contribution in [0, 0.1) is 5.41 Å². The van der Waals surface area contributed by atoms with Crippen molar-refractivity contribution in [3.63, 3.8) is 0 Å². The van der Waals surface area contributed by atoms with Gasteiger partial charge in [-0.2, -0.15) is 0 Å². The molecule has 3 heteroatoms. The van der Waals surface area contributed by atoms with Crippen LogP contribution < -0.4 is 0 Å². The van der Waals surface area contributed by atoms with E-state index in [4.69, 9.17) is 4.74 Å². The summed E-state index contributed by atoms with van der Waals surface area (Å²) in [5.74, 6) is 0.0376. The molecule has 0 radical (unpaired) electrons. The molecule has 1 heterocycles. The molecule has 2 rings (SSSR count). The van der Waals surface area contributed by atoms with Gasteiger partial charge in [-0.15, -0.1) is 0 Å². The highest BCUT2D eigenvalue weighted by Crippen LogP contribution is 2.47. The number of nitrogens with zero attached hydrogens (tertiary/aromatic N) is 1. The minimum atomic E-state index is -0.354. The Balaban J connectivity index is 2.07. The van der Waals surface area contributed by atoms with Crippen molar-refractivity contribution in [3.05, 3.63) is 0 Å². The lowest BCUT2D eigenvalue weighted by Crippen LogP contribution is -2.44. The molecule has 2 fully saturated rings. The number of ether oxygens (including phenoxy) is 1. The van der Waals surface area contributed by atoms with E-state index in [9.17, 15) is 4.79 Å². The summed E-state index contributed by atoms with van der Waals surface area (Å²) < 4.78 is 5.58. The van der Waals surface area contributed by atoms with E-state index in [1.807, 2.05) is 20.8 Å². The van der Waals surface area contributed by atoms with E-state index < -0.39 is 0 Å². The molecule has 0 N–H and O–H groups in total. The number of hydrogen-bond donors (Lipinski definition) is 0. The molecule has 0 aromatic rings. The van der Waals surface area contributed by atoms with Crippen LogP contribution in [0.3, 0.4) is 0 Å². The van der Waals surface area contributed by atoms with Crippen LogP contribution in [-0.4, -0.2) is 36.1 Å². The van der Waals surface area contributed by atoms with Gasteiger partial charge >= 0.3 is 5.97 Å². The Kier molecular flexibility index (Phi) is 2.77. The molecular weight excluding hydrogens is 202 g/mol. The second-order valence-electron chi connectivity index (χ2n) is 6.41. The van der Waals surface area contributed by atoms with Gasteiger partial charge in [0.2, 0.25) is 0 Å². The smallest absolute Gasteiger partial charge is 0.312 e. The van der Waals surface area contributed by atoms with Crippen LogP contribution in [0.4, 0.5) is 0 Å². The highest BCUT2D eigenvalue weighted by Gasteiger charge is 2.51. The first-order valence-corrected chi connectivity index (χ1v) is 6.26. The molecule has 16 heavy (non-hydrogen) atoms. The van der Waals surface area contributed by atoms with Gasteiger partial charge in [0, 0.05) is 6.04 Å². The lowest BCUT2D eigenvalue weighted by atomic mass is 9.80. The van der Waals surface area contributed by atoms with E-state index in [1.54, 1.807) is 0 Å². The maximum atomic E-state index is 12.3. The summed E-state index contributed by atoms with van der Waals surface area (Å²) in [7, 11) is 2.16. The van der Waals surface area contributed by atoms with Crippen molar-refractivity contribution < 1.29 is 9.53 Å². The lowest BCUT2D eigenvalue weighted by Gasteiger charge is -2.37. The standard InChI is InChI=1S/C13H23NO2/c1-12(2,3)16-11(15)13-6-5-10(9-13)14(4)8-7-13/h10H,5-9H2,1-4H3. The van der Waals surface area contributed by atoms with Crippen LogP contribution in [0.5, 0.6) is 0 Å². The Hall–Kier alpha value is -0.570. The van der Waals surface area contributed by atoms with Gasteiger partial charge in [0.05, 0.1) is 5.41 Å². The number of esters is 1. The molecule has 1 saturated heterocycles. The zero-order chi connectivity index (χ0) is 12.0. The van der Waals surface area contributed by atoms with E-state index in [1.165, 1.54) is 0 Å². The number of carbonyl (C=O) groups is 1. The average Bonchev–Trinajstić information content (AvgIpc) is 2.51. The molecule has 2 unspecified atom stereocenters. The van der Waals surface area contributed by atoms with Gasteiger partial charge in [-0.05, 0) is 60.0 Å². The minimum absolute atomic E-state index is 0.0376. The molecule has 0 spiro atoms. The van der Waals surface area contributed by atoms with Crippen LogP contribution in [0.25, 0.3) is 0 Å². The summed E-state index contributed by atoms with van der Waals surface area (Å²) >= 11 is 0. The quantitative estimate of drug-likeness (QED) is 0.641. The number of hydrogen-bond acceptors (Lipinski definition) is 3. The van der Waals surface area contributed by atoms with Crippen molar-refractivity contribution in [1.82, 2.24) is 4.90 Å². The molecule has 3 nitrogen and oxygen atoms in total. The second kappa shape index (κ2) is 3.73. The van der Waals surface area contributed by atoms with Gasteiger partial charge in [-0.1, -0.05) is 0 Å². The summed E-state index contributed by atoms with van der Waals surface area (Å²) in [6.45, 7) is 6.87. The molecule has 92 valence electrons. The van der Waals surface area contributed by atoms with Crippen molar-refractivity contribution in [3.8, 4) is 0 Å². The summed E-state index contributed by atoms with van der Waals surface area (Å²) in [4.78, 5) is 14.6. The molecule has 1 aliphatic carbocycles. The molecule has 1 aliphatic heterocycles. The summed E-state index contributed by atoms with van der Waals surface area (Å²) in [6.07, 6.45) is 4.12. The van der Waals surface area contributed by atoms with E-state index in [0.717, 1.165) is 32.2 Å². The first-order valence-electron chi connectivity index (χ1n) is 6.26. The second-order valence-corrected chi connectivity index (χ2v) is 6.41. The van der Waals surface area contributed by atoms with Gasteiger partial charge in [-0.25, -0.2) is 0 Å². The van der Waals surface area contributed by atoms with Crippen molar-refractivity contribution in [2.45, 2.75) is 58.1 Å². The van der Waals surface area contributed by atoms with Crippen LogP contribution in [0.1, 0.15) is 46.5 Å². The number of carbonyl (C=O) groups excluding carboxylic acids is 1. The van der Waals surface area contributed by atoms with Gasteiger partial charge in [-0.3, -0.25) is 4.79 Å². The minimum Gasteiger partial charge on any atom is -0.460 e. The maximum absolute atomic E-state index is 12.3. The number of rotatable bonds is 1. The number of fused-ring (bicyclic) bond motifs is 2. The van der Waals surface area contributed by atoms with Crippen LogP contribution in [-0.2, 0) is 9.53 Å². The predicted octanol–water partition coefficient (Wildman–Crippen LogP) is 2.20. The molecular formula is C13H23NO2. The first kappa shape index (κ1) is 11.9. The SMILES string of the molecule is CN1CCC2(C(=O)OC(C)(C)C)CCC1C2. The largest absolute Gasteiger partial charge is 0.460 e. The van der Waals surface area contributed by atoms with E-state index >= 15 is 0 Å². The summed E-state index contributed by atoms with van der Waals surface area (Å²) in [6, 6.07) is 0.598. The van der Waals surface area contributed by atoms with Gasteiger partial charge in [0.25, 0.3) is 0 Å². The number of piperidine rings is 1. The molecule has 0 amide bonds. The highest BCUT2D eigenvalue weighted by atomic mass is 16.6. The van der Waals surface area contributed by atoms with E-state index in [0.29, 0.717) is 6.04 Å². The Bertz CT molecular complexity index is 295. The molecule has 2 aliphatic rings. The van der Waals surface area contributed by atoms with Crippen molar-refractivity contribution in [2.24, 2.45) is 5.41 Å². The monoisotopic (exact) mass is 225 g/mol. The number of likely N-dealkylation sites (tertiary alicyclic amines) is 1. The first-order chi connectivity index (χ1) is 7.32. The van der Waals surface area contributed by atoms with Crippen molar-refractivity contribution in [1.29, 1.82) is 0 Å². The normalized spacial score (nSPS) is 35.1. The Morgan fingerprint density at radius 1 is 1.38 bits per heavy atom. The molecule has 1 saturated carbocycles. The fourth-order valence-electron chi connectivity index (χ4n) is 2.95. The van der Waals surface area contributed by atoms with Crippen LogP contribution >= 0.6 is 0 Å².